The Bertz CT molecular complexity index is 1040. The summed E-state index contributed by atoms with van der Waals surface area (Å²) in [6.07, 6.45) is 5.70. The summed E-state index contributed by atoms with van der Waals surface area (Å²) < 4.78 is 5.90. The van der Waals surface area contributed by atoms with Crippen molar-refractivity contribution in [1.29, 1.82) is 0 Å². The Morgan fingerprint density at radius 1 is 1.11 bits per heavy atom. The number of nitrogens with zero attached hydrogens (tertiary/aromatic N) is 1. The molecule has 6 heteroatoms. The van der Waals surface area contributed by atoms with Crippen molar-refractivity contribution in [2.45, 2.75) is 85.0 Å². The van der Waals surface area contributed by atoms with Crippen LogP contribution in [-0.4, -0.2) is 29.7 Å². The lowest BCUT2D eigenvalue weighted by Crippen LogP contribution is -2.21. The minimum Gasteiger partial charge on any atom is -0.494 e. The van der Waals surface area contributed by atoms with E-state index in [1.165, 1.54) is 13.1 Å². The molecule has 0 heterocycles. The number of Topliss-reactive ketones (excluding diaryl/α,β-unsaturated/α-hetero) is 1. The molecule has 1 unspecified atom stereocenters. The molecule has 0 spiro atoms. The first-order chi connectivity index (χ1) is 16.6. The second-order valence-electron chi connectivity index (χ2n) is 9.99. The maximum Gasteiger partial charge on any atom is 0.224 e. The third-order valence-corrected chi connectivity index (χ3v) is 6.08. The molecule has 0 bridgehead atoms. The SMILES string of the molecule is CCCCCC(CC(=O)Nc1cc(C(C)=O)ccc1C(C)(C)C)c1ccc(C=NO)cc1OCC. The number of nitrogens with one attached hydrogen (secondary N) is 1. The van der Waals surface area contributed by atoms with E-state index in [1.54, 1.807) is 6.07 Å². The fourth-order valence-electron chi connectivity index (χ4n) is 4.27. The van der Waals surface area contributed by atoms with Crippen LogP contribution in [0.2, 0.25) is 0 Å². The lowest BCUT2D eigenvalue weighted by molar-refractivity contribution is -0.116. The van der Waals surface area contributed by atoms with Crippen molar-refractivity contribution in [1.82, 2.24) is 0 Å². The van der Waals surface area contributed by atoms with Gasteiger partial charge in [0, 0.05) is 17.7 Å². The summed E-state index contributed by atoms with van der Waals surface area (Å²) in [5, 5.41) is 15.1. The molecule has 2 aromatic rings. The quantitative estimate of drug-likeness (QED) is 0.112. The van der Waals surface area contributed by atoms with E-state index in [2.05, 4.69) is 38.2 Å². The number of benzene rings is 2. The lowest BCUT2D eigenvalue weighted by atomic mass is 9.84. The van der Waals surface area contributed by atoms with Gasteiger partial charge in [-0.15, -0.1) is 0 Å². The predicted molar refractivity (Wildman–Crippen MR) is 142 cm³/mol. The Morgan fingerprint density at radius 2 is 1.86 bits per heavy atom. The topological polar surface area (TPSA) is 88.0 Å². The smallest absolute Gasteiger partial charge is 0.224 e. The average Bonchev–Trinajstić information content (AvgIpc) is 2.78. The van der Waals surface area contributed by atoms with Crippen LogP contribution in [-0.2, 0) is 10.2 Å². The molecule has 1 atom stereocenters. The first kappa shape index (κ1) is 28.1. The zero-order chi connectivity index (χ0) is 26.0. The van der Waals surface area contributed by atoms with Crippen LogP contribution in [0, 0.1) is 0 Å². The maximum absolute atomic E-state index is 13.3. The molecule has 2 rings (SSSR count). The highest BCUT2D eigenvalue weighted by atomic mass is 16.5. The summed E-state index contributed by atoms with van der Waals surface area (Å²) in [6, 6.07) is 11.2. The summed E-state index contributed by atoms with van der Waals surface area (Å²) in [4.78, 5) is 25.3. The fraction of sp³-hybridized carbons (Fsp3) is 0.483. The number of amides is 1. The Balaban J connectivity index is 2.38. The largest absolute Gasteiger partial charge is 0.494 e. The summed E-state index contributed by atoms with van der Waals surface area (Å²) in [5.41, 5.74) is 3.76. The molecule has 1 amide bonds. The summed E-state index contributed by atoms with van der Waals surface area (Å²) >= 11 is 0. The van der Waals surface area contributed by atoms with Gasteiger partial charge in [0.1, 0.15) is 5.75 Å². The molecule has 35 heavy (non-hydrogen) atoms. The van der Waals surface area contributed by atoms with Crippen LogP contribution in [0.5, 0.6) is 5.75 Å². The monoisotopic (exact) mass is 480 g/mol. The third-order valence-electron chi connectivity index (χ3n) is 6.08. The Labute approximate surface area is 209 Å². The van der Waals surface area contributed by atoms with Crippen LogP contribution < -0.4 is 10.1 Å². The number of ether oxygens (including phenoxy) is 1. The number of hydrogen-bond donors (Lipinski definition) is 2. The van der Waals surface area contributed by atoms with Crippen molar-refractivity contribution in [3.05, 3.63) is 58.7 Å². The number of ketones is 1. The van der Waals surface area contributed by atoms with Crippen molar-refractivity contribution in [2.24, 2.45) is 5.16 Å². The molecule has 0 aliphatic rings. The number of carbonyl (C=O) groups is 2. The van der Waals surface area contributed by atoms with Crippen LogP contribution in [0.25, 0.3) is 0 Å². The van der Waals surface area contributed by atoms with Gasteiger partial charge in [-0.2, -0.15) is 0 Å². The maximum atomic E-state index is 13.3. The summed E-state index contributed by atoms with van der Waals surface area (Å²) in [5.74, 6) is 0.540. The van der Waals surface area contributed by atoms with Gasteiger partial charge in [-0.05, 0) is 60.4 Å². The number of oxime groups is 1. The van der Waals surface area contributed by atoms with Gasteiger partial charge in [0.15, 0.2) is 5.78 Å². The molecule has 0 aliphatic carbocycles. The van der Waals surface area contributed by atoms with Crippen molar-refractivity contribution in [3.63, 3.8) is 0 Å². The zero-order valence-corrected chi connectivity index (χ0v) is 22.0. The molecule has 6 nitrogen and oxygen atoms in total. The van der Waals surface area contributed by atoms with Crippen LogP contribution >= 0.6 is 0 Å². The van der Waals surface area contributed by atoms with Crippen molar-refractivity contribution >= 4 is 23.6 Å². The summed E-state index contributed by atoms with van der Waals surface area (Å²) in [7, 11) is 0. The van der Waals surface area contributed by atoms with Crippen LogP contribution in [0.4, 0.5) is 5.69 Å². The molecule has 0 aromatic heterocycles. The standard InChI is InChI=1S/C29H40N2O4/c1-7-9-10-11-23(24-14-12-21(19-30-34)16-27(24)35-8-2)18-28(33)31-26-17-22(20(3)32)13-15-25(26)29(4,5)6/h12-17,19,23,34H,7-11,18H2,1-6H3,(H,31,33). The van der Waals surface area contributed by atoms with E-state index < -0.39 is 0 Å². The minimum atomic E-state index is -0.190. The van der Waals surface area contributed by atoms with Gasteiger partial charge in [-0.1, -0.05) is 76.4 Å². The van der Waals surface area contributed by atoms with E-state index in [0.717, 1.165) is 42.4 Å². The summed E-state index contributed by atoms with van der Waals surface area (Å²) in [6.45, 7) is 12.4. The molecule has 190 valence electrons. The number of rotatable bonds is 12. The number of unbranched alkanes of at least 4 members (excludes halogenated alkanes) is 2. The highest BCUT2D eigenvalue weighted by molar-refractivity contribution is 5.98. The van der Waals surface area contributed by atoms with E-state index in [1.807, 2.05) is 37.3 Å². The molecule has 0 fully saturated rings. The second-order valence-corrected chi connectivity index (χ2v) is 9.99. The van der Waals surface area contributed by atoms with E-state index >= 15 is 0 Å². The molecular formula is C29H40N2O4. The fourth-order valence-corrected chi connectivity index (χ4v) is 4.27. The first-order valence-electron chi connectivity index (χ1n) is 12.5. The van der Waals surface area contributed by atoms with Crippen LogP contribution in [0.1, 0.15) is 107 Å². The molecule has 0 radical (unpaired) electrons. The van der Waals surface area contributed by atoms with E-state index in [0.29, 0.717) is 30.0 Å². The molecular weight excluding hydrogens is 440 g/mol. The van der Waals surface area contributed by atoms with Gasteiger partial charge in [-0.25, -0.2) is 0 Å². The Kier molecular flexibility index (Phi) is 10.5. The molecule has 2 N–H and O–H groups in total. The van der Waals surface area contributed by atoms with Gasteiger partial charge in [0.05, 0.1) is 12.8 Å². The predicted octanol–water partition coefficient (Wildman–Crippen LogP) is 7.09. The van der Waals surface area contributed by atoms with Gasteiger partial charge < -0.3 is 15.3 Å². The highest BCUT2D eigenvalue weighted by Crippen LogP contribution is 2.35. The Morgan fingerprint density at radius 3 is 2.46 bits per heavy atom. The Hall–Kier alpha value is -3.15. The zero-order valence-electron chi connectivity index (χ0n) is 22.0. The third kappa shape index (κ3) is 8.23. The lowest BCUT2D eigenvalue weighted by Gasteiger charge is -2.25. The van der Waals surface area contributed by atoms with Crippen LogP contribution in [0.15, 0.2) is 41.6 Å². The van der Waals surface area contributed by atoms with E-state index in [9.17, 15) is 9.59 Å². The molecule has 0 saturated heterocycles. The van der Waals surface area contributed by atoms with Gasteiger partial charge in [-0.3, -0.25) is 9.59 Å². The van der Waals surface area contributed by atoms with Crippen LogP contribution in [0.3, 0.4) is 0 Å². The van der Waals surface area contributed by atoms with Gasteiger partial charge >= 0.3 is 0 Å². The number of anilines is 1. The first-order valence-corrected chi connectivity index (χ1v) is 12.5. The van der Waals surface area contributed by atoms with Gasteiger partial charge in [0.25, 0.3) is 0 Å². The number of carbonyl (C=O) groups excluding carboxylic acids is 2. The molecule has 0 saturated carbocycles. The molecule has 0 aliphatic heterocycles. The van der Waals surface area contributed by atoms with Gasteiger partial charge in [0.2, 0.25) is 5.91 Å². The van der Waals surface area contributed by atoms with E-state index in [-0.39, 0.29) is 23.0 Å². The molecule has 2 aromatic carbocycles. The average molecular weight is 481 g/mol. The van der Waals surface area contributed by atoms with Crippen molar-refractivity contribution in [2.75, 3.05) is 11.9 Å². The van der Waals surface area contributed by atoms with E-state index in [4.69, 9.17) is 9.94 Å². The second kappa shape index (κ2) is 13.1. The highest BCUT2D eigenvalue weighted by Gasteiger charge is 2.23. The minimum absolute atomic E-state index is 0.0303. The van der Waals surface area contributed by atoms with Crippen molar-refractivity contribution < 1.29 is 19.5 Å². The number of hydrogen-bond acceptors (Lipinski definition) is 5. The normalized spacial score (nSPS) is 12.5. The van der Waals surface area contributed by atoms with Crippen molar-refractivity contribution in [3.8, 4) is 5.75 Å².